The van der Waals surface area contributed by atoms with Gasteiger partial charge in [-0.15, -0.1) is 0 Å². The van der Waals surface area contributed by atoms with E-state index < -0.39 is 15.8 Å². The highest BCUT2D eigenvalue weighted by Gasteiger charge is 2.23. The van der Waals surface area contributed by atoms with E-state index >= 15 is 0 Å². The van der Waals surface area contributed by atoms with Crippen LogP contribution in [-0.4, -0.2) is 26.9 Å². The van der Waals surface area contributed by atoms with Gasteiger partial charge in [-0.05, 0) is 31.0 Å². The number of sulfonamides is 1. The zero-order valence-corrected chi connectivity index (χ0v) is 10.9. The minimum atomic E-state index is -3.61. The minimum absolute atomic E-state index is 0.0454. The molecule has 0 radical (unpaired) electrons. The maximum absolute atomic E-state index is 12.9. The van der Waals surface area contributed by atoms with Crippen molar-refractivity contribution in [1.82, 2.24) is 0 Å². The Balaban J connectivity index is 2.13. The van der Waals surface area contributed by atoms with Gasteiger partial charge in [-0.1, -0.05) is 0 Å². The highest BCUT2D eigenvalue weighted by atomic mass is 32.2. The molecule has 1 aliphatic heterocycles. The molecule has 19 heavy (non-hydrogen) atoms. The number of rotatable bonds is 4. The summed E-state index contributed by atoms with van der Waals surface area (Å²) < 4.78 is 44.3. The van der Waals surface area contributed by atoms with Crippen LogP contribution in [0, 0.1) is 17.1 Å². The normalized spacial score (nSPS) is 19.1. The summed E-state index contributed by atoms with van der Waals surface area (Å²) in [5.74, 6) is -0.742. The van der Waals surface area contributed by atoms with Crippen LogP contribution >= 0.6 is 0 Å². The van der Waals surface area contributed by atoms with Crippen molar-refractivity contribution in [2.75, 3.05) is 17.1 Å². The van der Waals surface area contributed by atoms with E-state index in [1.807, 2.05) is 0 Å². The standard InChI is InChI=1S/C12H13FN2O3S/c13-10-3-4-12(9(6-10)7-14)15-19(16,17)8-11-2-1-5-18-11/h3-4,6,11,15H,1-2,5,8H2. The van der Waals surface area contributed by atoms with Crippen LogP contribution in [0.1, 0.15) is 18.4 Å². The minimum Gasteiger partial charge on any atom is -0.377 e. The fourth-order valence-corrected chi connectivity index (χ4v) is 3.28. The molecule has 1 aromatic rings. The first kappa shape index (κ1) is 13.8. The summed E-state index contributed by atoms with van der Waals surface area (Å²) in [6.45, 7) is 0.570. The van der Waals surface area contributed by atoms with Gasteiger partial charge in [0.2, 0.25) is 10.0 Å². The van der Waals surface area contributed by atoms with E-state index in [1.165, 1.54) is 6.07 Å². The van der Waals surface area contributed by atoms with Crippen LogP contribution in [0.4, 0.5) is 10.1 Å². The number of hydrogen-bond donors (Lipinski definition) is 1. The van der Waals surface area contributed by atoms with Crippen LogP contribution in [-0.2, 0) is 14.8 Å². The summed E-state index contributed by atoms with van der Waals surface area (Å²) in [5.41, 5.74) is 0.0396. The van der Waals surface area contributed by atoms with Crippen molar-refractivity contribution in [2.45, 2.75) is 18.9 Å². The fraction of sp³-hybridized carbons (Fsp3) is 0.417. The average molecular weight is 284 g/mol. The van der Waals surface area contributed by atoms with Crippen LogP contribution in [0.25, 0.3) is 0 Å². The number of nitrogens with zero attached hydrogens (tertiary/aromatic N) is 1. The number of ether oxygens (including phenoxy) is 1. The number of halogens is 1. The van der Waals surface area contributed by atoms with E-state index in [-0.39, 0.29) is 23.1 Å². The van der Waals surface area contributed by atoms with E-state index in [2.05, 4.69) is 4.72 Å². The largest absolute Gasteiger partial charge is 0.377 e. The average Bonchev–Trinajstić information content (AvgIpc) is 2.83. The van der Waals surface area contributed by atoms with E-state index in [9.17, 15) is 12.8 Å². The van der Waals surface area contributed by atoms with Crippen molar-refractivity contribution < 1.29 is 17.5 Å². The summed E-state index contributed by atoms with van der Waals surface area (Å²) in [7, 11) is -3.61. The van der Waals surface area contributed by atoms with Gasteiger partial charge in [0.05, 0.1) is 23.1 Å². The van der Waals surface area contributed by atoms with Gasteiger partial charge in [-0.25, -0.2) is 12.8 Å². The first-order chi connectivity index (χ1) is 9.00. The first-order valence-corrected chi connectivity index (χ1v) is 7.47. The van der Waals surface area contributed by atoms with Crippen LogP contribution < -0.4 is 4.72 Å². The smallest absolute Gasteiger partial charge is 0.235 e. The second kappa shape index (κ2) is 5.55. The summed E-state index contributed by atoms with van der Waals surface area (Å²) in [5, 5.41) is 8.85. The third kappa shape index (κ3) is 3.66. The lowest BCUT2D eigenvalue weighted by Crippen LogP contribution is -2.26. The molecule has 2 rings (SSSR count). The lowest BCUT2D eigenvalue weighted by atomic mass is 10.2. The molecule has 1 N–H and O–H groups in total. The summed E-state index contributed by atoms with van der Waals surface area (Å²) >= 11 is 0. The summed E-state index contributed by atoms with van der Waals surface area (Å²) in [6, 6.07) is 5.08. The van der Waals surface area contributed by atoms with Gasteiger partial charge in [0, 0.05) is 6.61 Å². The Kier molecular flexibility index (Phi) is 4.02. The molecule has 0 saturated carbocycles. The quantitative estimate of drug-likeness (QED) is 0.911. The molecule has 102 valence electrons. The van der Waals surface area contributed by atoms with E-state index in [0.717, 1.165) is 18.6 Å². The number of nitriles is 1. The molecule has 1 atom stereocenters. The van der Waals surface area contributed by atoms with Crippen molar-refractivity contribution in [3.8, 4) is 6.07 Å². The predicted octanol–water partition coefficient (Wildman–Crippen LogP) is 1.62. The fourth-order valence-electron chi connectivity index (χ4n) is 1.93. The van der Waals surface area contributed by atoms with Crippen molar-refractivity contribution in [1.29, 1.82) is 5.26 Å². The monoisotopic (exact) mass is 284 g/mol. The van der Waals surface area contributed by atoms with Crippen LogP contribution in [0.5, 0.6) is 0 Å². The van der Waals surface area contributed by atoms with Gasteiger partial charge in [-0.2, -0.15) is 5.26 Å². The van der Waals surface area contributed by atoms with E-state index in [0.29, 0.717) is 13.0 Å². The molecule has 0 bridgehead atoms. The molecule has 0 aliphatic carbocycles. The number of anilines is 1. The van der Waals surface area contributed by atoms with Crippen molar-refractivity contribution >= 4 is 15.7 Å². The Labute approximate surface area is 111 Å². The number of benzene rings is 1. The molecule has 7 heteroatoms. The molecule has 1 heterocycles. The first-order valence-electron chi connectivity index (χ1n) is 5.82. The molecule has 1 saturated heterocycles. The van der Waals surface area contributed by atoms with Gasteiger partial charge in [0.15, 0.2) is 0 Å². The van der Waals surface area contributed by atoms with Gasteiger partial charge >= 0.3 is 0 Å². The van der Waals surface area contributed by atoms with Gasteiger partial charge < -0.3 is 4.74 Å². The topological polar surface area (TPSA) is 79.2 Å². The van der Waals surface area contributed by atoms with E-state index in [4.69, 9.17) is 10.00 Å². The molecule has 0 amide bonds. The van der Waals surface area contributed by atoms with Crippen LogP contribution in [0.15, 0.2) is 18.2 Å². The highest BCUT2D eigenvalue weighted by Crippen LogP contribution is 2.19. The molecule has 1 fully saturated rings. The lowest BCUT2D eigenvalue weighted by molar-refractivity contribution is 0.127. The SMILES string of the molecule is N#Cc1cc(F)ccc1NS(=O)(=O)CC1CCCO1. The molecule has 0 spiro atoms. The van der Waals surface area contributed by atoms with Gasteiger partial charge in [0.25, 0.3) is 0 Å². The lowest BCUT2D eigenvalue weighted by Gasteiger charge is -2.12. The van der Waals surface area contributed by atoms with Crippen molar-refractivity contribution in [3.63, 3.8) is 0 Å². The zero-order chi connectivity index (χ0) is 13.9. The predicted molar refractivity (Wildman–Crippen MR) is 67.5 cm³/mol. The van der Waals surface area contributed by atoms with Gasteiger partial charge in [0.1, 0.15) is 11.9 Å². The molecular weight excluding hydrogens is 271 g/mol. The number of nitrogens with one attached hydrogen (secondary N) is 1. The van der Waals surface area contributed by atoms with E-state index in [1.54, 1.807) is 6.07 Å². The van der Waals surface area contributed by atoms with Crippen molar-refractivity contribution in [2.24, 2.45) is 0 Å². The third-order valence-electron chi connectivity index (χ3n) is 2.80. The Bertz CT molecular complexity index is 604. The Morgan fingerprint density at radius 3 is 2.95 bits per heavy atom. The maximum Gasteiger partial charge on any atom is 0.235 e. The second-order valence-corrected chi connectivity index (χ2v) is 6.09. The van der Waals surface area contributed by atoms with Crippen LogP contribution in [0.2, 0.25) is 0 Å². The molecule has 0 aromatic heterocycles. The number of hydrogen-bond acceptors (Lipinski definition) is 4. The van der Waals surface area contributed by atoms with Gasteiger partial charge in [-0.3, -0.25) is 4.72 Å². The van der Waals surface area contributed by atoms with Crippen LogP contribution in [0.3, 0.4) is 0 Å². The Hall–Kier alpha value is -1.65. The molecule has 1 unspecified atom stereocenters. The summed E-state index contributed by atoms with van der Waals surface area (Å²) in [4.78, 5) is 0. The van der Waals surface area contributed by atoms with Crippen molar-refractivity contribution in [3.05, 3.63) is 29.6 Å². The Morgan fingerprint density at radius 1 is 1.53 bits per heavy atom. The Morgan fingerprint density at radius 2 is 2.32 bits per heavy atom. The zero-order valence-electron chi connectivity index (χ0n) is 10.1. The molecule has 1 aromatic carbocycles. The highest BCUT2D eigenvalue weighted by molar-refractivity contribution is 7.92. The maximum atomic E-state index is 12.9. The molecule has 1 aliphatic rings. The molecule has 5 nitrogen and oxygen atoms in total. The second-order valence-electron chi connectivity index (χ2n) is 4.32. The molecular formula is C12H13FN2O3S. The third-order valence-corrected chi connectivity index (χ3v) is 4.14. The summed E-state index contributed by atoms with van der Waals surface area (Å²) in [6.07, 6.45) is 1.23.